The van der Waals surface area contributed by atoms with Crippen LogP contribution >= 0.6 is 0 Å². The molecular weight excluding hydrogens is 404 g/mol. The van der Waals surface area contributed by atoms with E-state index in [0.29, 0.717) is 36.6 Å². The third-order valence-electron chi connectivity index (χ3n) is 10.2. The summed E-state index contributed by atoms with van der Waals surface area (Å²) in [6.07, 6.45) is 5.63. The van der Waals surface area contributed by atoms with Crippen molar-refractivity contribution in [1.29, 1.82) is 0 Å². The lowest BCUT2D eigenvalue weighted by atomic mass is 9.42. The van der Waals surface area contributed by atoms with Gasteiger partial charge in [-0.3, -0.25) is 0 Å². The first-order chi connectivity index (χ1) is 14.1. The Labute approximate surface area is 192 Å². The zero-order valence-corrected chi connectivity index (χ0v) is 23.0. The molecule has 1 N–H and O–H groups in total. The van der Waals surface area contributed by atoms with E-state index < -0.39 is 8.32 Å². The van der Waals surface area contributed by atoms with Gasteiger partial charge in [-0.1, -0.05) is 48.5 Å². The summed E-state index contributed by atoms with van der Waals surface area (Å²) >= 11 is 0. The van der Waals surface area contributed by atoms with Gasteiger partial charge in [0.1, 0.15) is 6.79 Å². The van der Waals surface area contributed by atoms with Crippen LogP contribution in [0.4, 0.5) is 0 Å². The normalized spacial score (nSPS) is 43.3. The summed E-state index contributed by atoms with van der Waals surface area (Å²) in [5.74, 6) is 1.87. The zero-order chi connectivity index (χ0) is 23.4. The lowest BCUT2D eigenvalue weighted by Gasteiger charge is -2.65. The highest BCUT2D eigenvalue weighted by Crippen LogP contribution is 2.65. The Morgan fingerprint density at radius 1 is 1.06 bits per heavy atom. The molecule has 0 aromatic carbocycles. The van der Waals surface area contributed by atoms with Crippen LogP contribution in [0.5, 0.6) is 0 Å². The van der Waals surface area contributed by atoms with Gasteiger partial charge >= 0.3 is 0 Å². The highest BCUT2D eigenvalue weighted by atomic mass is 28.4. The summed E-state index contributed by atoms with van der Waals surface area (Å²) in [5, 5.41) is 11.6. The van der Waals surface area contributed by atoms with Crippen molar-refractivity contribution in [2.24, 2.45) is 34.5 Å². The maximum atomic E-state index is 11.4. The standard InChI is InChI=1S/C26H50O4Si/c1-17-13-18(30-31(9,10)24(2,3)4)14-19-23(17)20(27)15-21-25(5,6)22(29-16-28-8)11-12-26(19,21)7/h17-23,27H,11-16H2,1-10H3/t17-,18+,19-,20-,21-,22-,23-,26+/m0/s1. The molecule has 3 fully saturated rings. The minimum Gasteiger partial charge on any atom is -0.414 e. The van der Waals surface area contributed by atoms with Crippen LogP contribution in [0.3, 0.4) is 0 Å². The summed E-state index contributed by atoms with van der Waals surface area (Å²) < 4.78 is 18.3. The van der Waals surface area contributed by atoms with Gasteiger partial charge in [0.15, 0.2) is 8.32 Å². The molecule has 8 atom stereocenters. The molecule has 3 aliphatic carbocycles. The van der Waals surface area contributed by atoms with Gasteiger partial charge in [-0.2, -0.15) is 0 Å². The molecule has 3 aliphatic rings. The smallest absolute Gasteiger partial charge is 0.192 e. The number of ether oxygens (including phenoxy) is 2. The molecule has 4 nitrogen and oxygen atoms in total. The molecular formula is C26H50O4Si. The minimum atomic E-state index is -1.81. The average Bonchev–Trinajstić information content (AvgIpc) is 2.62. The van der Waals surface area contributed by atoms with Crippen molar-refractivity contribution in [3.05, 3.63) is 0 Å². The number of hydrogen-bond acceptors (Lipinski definition) is 4. The van der Waals surface area contributed by atoms with Crippen LogP contribution in [0.2, 0.25) is 18.1 Å². The lowest BCUT2D eigenvalue weighted by molar-refractivity contribution is -0.225. The highest BCUT2D eigenvalue weighted by molar-refractivity contribution is 6.74. The molecule has 0 aliphatic heterocycles. The first-order valence-electron chi connectivity index (χ1n) is 12.6. The van der Waals surface area contributed by atoms with Crippen LogP contribution in [0, 0.1) is 34.5 Å². The predicted octanol–water partition coefficient (Wildman–Crippen LogP) is 6.24. The summed E-state index contributed by atoms with van der Waals surface area (Å²) in [7, 11) is -0.119. The van der Waals surface area contributed by atoms with Crippen LogP contribution in [-0.4, -0.2) is 45.6 Å². The molecule has 0 unspecified atom stereocenters. The molecule has 182 valence electrons. The third-order valence-corrected chi connectivity index (χ3v) is 14.7. The van der Waals surface area contributed by atoms with Crippen molar-refractivity contribution in [3.8, 4) is 0 Å². The molecule has 0 saturated heterocycles. The number of hydrogen-bond donors (Lipinski definition) is 1. The molecule has 31 heavy (non-hydrogen) atoms. The molecule has 0 amide bonds. The van der Waals surface area contributed by atoms with E-state index in [9.17, 15) is 5.11 Å². The summed E-state index contributed by atoms with van der Waals surface area (Å²) in [4.78, 5) is 0. The second-order valence-electron chi connectivity index (χ2n) is 13.4. The second kappa shape index (κ2) is 8.68. The minimum absolute atomic E-state index is 0.0218. The topological polar surface area (TPSA) is 47.9 Å². The van der Waals surface area contributed by atoms with Crippen molar-refractivity contribution in [3.63, 3.8) is 0 Å². The van der Waals surface area contributed by atoms with E-state index in [1.807, 2.05) is 0 Å². The third kappa shape index (κ3) is 4.56. The Bertz CT molecular complexity index is 627. The monoisotopic (exact) mass is 454 g/mol. The van der Waals surface area contributed by atoms with Gasteiger partial charge in [-0.25, -0.2) is 0 Å². The van der Waals surface area contributed by atoms with E-state index >= 15 is 0 Å². The maximum Gasteiger partial charge on any atom is 0.192 e. The van der Waals surface area contributed by atoms with E-state index in [0.717, 1.165) is 25.7 Å². The Morgan fingerprint density at radius 2 is 1.71 bits per heavy atom. The highest BCUT2D eigenvalue weighted by Gasteiger charge is 2.62. The van der Waals surface area contributed by atoms with Crippen molar-refractivity contribution in [2.45, 2.75) is 117 Å². The van der Waals surface area contributed by atoms with Gasteiger partial charge in [-0.15, -0.1) is 0 Å². The lowest BCUT2D eigenvalue weighted by Crippen LogP contribution is -2.62. The number of aliphatic hydroxyl groups is 1. The predicted molar refractivity (Wildman–Crippen MR) is 129 cm³/mol. The number of methoxy groups -OCH3 is 1. The van der Waals surface area contributed by atoms with E-state index in [1.54, 1.807) is 7.11 Å². The first-order valence-corrected chi connectivity index (χ1v) is 15.5. The molecule has 0 radical (unpaired) electrons. The molecule has 5 heteroatoms. The van der Waals surface area contributed by atoms with Crippen molar-refractivity contribution in [1.82, 2.24) is 0 Å². The molecule has 3 saturated carbocycles. The quantitative estimate of drug-likeness (QED) is 0.395. The van der Waals surface area contributed by atoms with Gasteiger partial charge in [0.25, 0.3) is 0 Å². The average molecular weight is 455 g/mol. The second-order valence-corrected chi connectivity index (χ2v) is 18.2. The van der Waals surface area contributed by atoms with Crippen LogP contribution in [0.15, 0.2) is 0 Å². The van der Waals surface area contributed by atoms with Gasteiger partial charge in [0.2, 0.25) is 0 Å². The van der Waals surface area contributed by atoms with Crippen LogP contribution < -0.4 is 0 Å². The largest absolute Gasteiger partial charge is 0.414 e. The van der Waals surface area contributed by atoms with E-state index in [2.05, 4.69) is 61.6 Å². The van der Waals surface area contributed by atoms with E-state index in [1.165, 1.54) is 6.42 Å². The van der Waals surface area contributed by atoms with E-state index in [4.69, 9.17) is 13.9 Å². The van der Waals surface area contributed by atoms with Crippen molar-refractivity contribution in [2.75, 3.05) is 13.9 Å². The number of fused-ring (bicyclic) bond motifs is 3. The summed E-state index contributed by atoms with van der Waals surface area (Å²) in [5.41, 5.74) is 0.248. The van der Waals surface area contributed by atoms with Crippen molar-refractivity contribution >= 4 is 8.32 Å². The van der Waals surface area contributed by atoms with Gasteiger partial charge in [-0.05, 0) is 84.7 Å². The Kier molecular flexibility index (Phi) is 7.19. The molecule has 0 aromatic rings. The van der Waals surface area contributed by atoms with Gasteiger partial charge in [0.05, 0.1) is 12.2 Å². The first kappa shape index (κ1) is 25.7. The fraction of sp³-hybridized carbons (Fsp3) is 1.00. The summed E-state index contributed by atoms with van der Waals surface area (Å²) in [6.45, 7) is 21.7. The number of aliphatic hydroxyl groups excluding tert-OH is 1. The Hall–Kier alpha value is 0.0569. The Morgan fingerprint density at radius 3 is 2.29 bits per heavy atom. The SMILES string of the molecule is COCO[C@H]1CC[C@]2(C)[C@H]3C[C@H](O[Si](C)(C)C(C)(C)C)C[C@H](C)[C@@H]3[C@@H](O)C[C@H]2C1(C)C. The van der Waals surface area contributed by atoms with Crippen LogP contribution in [-0.2, 0) is 13.9 Å². The maximum absolute atomic E-state index is 11.4. The zero-order valence-electron chi connectivity index (χ0n) is 22.0. The van der Waals surface area contributed by atoms with Crippen molar-refractivity contribution < 1.29 is 19.0 Å². The van der Waals surface area contributed by atoms with Crippen LogP contribution in [0.1, 0.15) is 80.6 Å². The summed E-state index contributed by atoms with van der Waals surface area (Å²) in [6, 6.07) is 0. The molecule has 0 bridgehead atoms. The van der Waals surface area contributed by atoms with Gasteiger partial charge < -0.3 is 19.0 Å². The van der Waals surface area contributed by atoms with Crippen LogP contribution in [0.25, 0.3) is 0 Å². The molecule has 3 rings (SSSR count). The van der Waals surface area contributed by atoms with Gasteiger partial charge in [0, 0.05) is 13.2 Å². The van der Waals surface area contributed by atoms with E-state index in [-0.39, 0.29) is 28.1 Å². The molecule has 0 heterocycles. The Balaban J connectivity index is 1.87. The fourth-order valence-electron chi connectivity index (χ4n) is 7.48. The fourth-order valence-corrected chi connectivity index (χ4v) is 8.86. The molecule has 0 spiro atoms. The molecule has 0 aromatic heterocycles. The number of rotatable bonds is 5.